The number of H-pyrrole nitrogens is 1. The molecule has 5 heterocycles. The van der Waals surface area contributed by atoms with Gasteiger partial charge < -0.3 is 15.2 Å². The van der Waals surface area contributed by atoms with Crippen molar-refractivity contribution >= 4 is 26.9 Å². The largest absolute Gasteiger partial charge is 0.348 e. The molecule has 0 radical (unpaired) electrons. The van der Waals surface area contributed by atoms with E-state index in [-0.39, 0.29) is 0 Å². The van der Waals surface area contributed by atoms with E-state index in [2.05, 4.69) is 37.3 Å². The fourth-order valence-electron chi connectivity index (χ4n) is 3.59. The van der Waals surface area contributed by atoms with Crippen molar-refractivity contribution in [2.45, 2.75) is 25.8 Å². The van der Waals surface area contributed by atoms with Gasteiger partial charge in [0, 0.05) is 13.1 Å². The average molecular weight is 395 g/mol. The number of hydrogen-bond donors (Lipinski definition) is 2. The molecular formula is C18H21N9S. The fourth-order valence-corrected chi connectivity index (χ4v) is 4.52. The molecule has 144 valence electrons. The molecule has 0 spiro atoms. The number of aromatic amines is 1. The number of aromatic nitrogens is 7. The summed E-state index contributed by atoms with van der Waals surface area (Å²) < 4.78 is 1.69. The first-order valence-corrected chi connectivity index (χ1v) is 10.1. The molecule has 0 aromatic carbocycles. The summed E-state index contributed by atoms with van der Waals surface area (Å²) in [6, 6.07) is 2.56. The van der Waals surface area contributed by atoms with Crippen molar-refractivity contribution < 1.29 is 0 Å². The summed E-state index contributed by atoms with van der Waals surface area (Å²) in [5.41, 5.74) is 3.53. The van der Waals surface area contributed by atoms with E-state index in [0.717, 1.165) is 64.3 Å². The molecule has 2 N–H and O–H groups in total. The predicted octanol–water partition coefficient (Wildman–Crippen LogP) is 2.16. The molecule has 1 fully saturated rings. The zero-order chi connectivity index (χ0) is 19.1. The van der Waals surface area contributed by atoms with Crippen LogP contribution in [-0.2, 0) is 0 Å². The Morgan fingerprint density at radius 2 is 2.11 bits per heavy atom. The second kappa shape index (κ2) is 6.95. The Hall–Kier alpha value is -2.85. The molecule has 0 unspecified atom stereocenters. The van der Waals surface area contributed by atoms with Crippen molar-refractivity contribution in [2.75, 3.05) is 25.0 Å². The smallest absolute Gasteiger partial charge is 0.189 e. The van der Waals surface area contributed by atoms with E-state index in [1.807, 2.05) is 13.0 Å². The van der Waals surface area contributed by atoms with Crippen molar-refractivity contribution in [1.82, 2.24) is 40.0 Å². The zero-order valence-electron chi connectivity index (χ0n) is 15.8. The lowest BCUT2D eigenvalue weighted by Crippen LogP contribution is -2.41. The standard InChI is InChI=1S/C18H21N9S/c1-11-7-13(27-10-20-9-22-27)8-21-14(11)15-23-16-17(24-15)28-18(25-16)26(2)12-3-5-19-6-4-12/h7-10,12,19H,3-6H2,1-2H3,(H,23,24). The van der Waals surface area contributed by atoms with Gasteiger partial charge in [0.25, 0.3) is 0 Å². The molecular weight excluding hydrogens is 374 g/mol. The van der Waals surface area contributed by atoms with Crippen LogP contribution in [0, 0.1) is 6.92 Å². The molecule has 1 aliphatic heterocycles. The number of anilines is 1. The van der Waals surface area contributed by atoms with Crippen molar-refractivity contribution in [2.24, 2.45) is 0 Å². The van der Waals surface area contributed by atoms with E-state index in [1.165, 1.54) is 6.33 Å². The molecule has 0 saturated carbocycles. The minimum atomic E-state index is 0.532. The molecule has 4 aromatic heterocycles. The van der Waals surface area contributed by atoms with Crippen LogP contribution in [0.15, 0.2) is 24.9 Å². The first kappa shape index (κ1) is 17.3. The number of pyridine rings is 1. The summed E-state index contributed by atoms with van der Waals surface area (Å²) in [6.45, 7) is 4.15. The molecule has 28 heavy (non-hydrogen) atoms. The lowest BCUT2D eigenvalue weighted by Gasteiger charge is -2.31. The maximum absolute atomic E-state index is 4.78. The summed E-state index contributed by atoms with van der Waals surface area (Å²) >= 11 is 1.62. The van der Waals surface area contributed by atoms with E-state index in [1.54, 1.807) is 28.5 Å². The van der Waals surface area contributed by atoms with E-state index >= 15 is 0 Å². The normalized spacial score (nSPS) is 15.4. The van der Waals surface area contributed by atoms with Crippen LogP contribution in [-0.4, -0.2) is 60.9 Å². The number of imidazole rings is 1. The van der Waals surface area contributed by atoms with E-state index < -0.39 is 0 Å². The first-order chi connectivity index (χ1) is 13.7. The third-order valence-electron chi connectivity index (χ3n) is 5.18. The summed E-state index contributed by atoms with van der Waals surface area (Å²) in [5.74, 6) is 0.743. The lowest BCUT2D eigenvalue weighted by atomic mass is 10.1. The summed E-state index contributed by atoms with van der Waals surface area (Å²) in [6.07, 6.45) is 7.22. The molecule has 0 atom stereocenters. The van der Waals surface area contributed by atoms with Gasteiger partial charge in [-0.1, -0.05) is 11.3 Å². The minimum Gasteiger partial charge on any atom is -0.348 e. The van der Waals surface area contributed by atoms with Crippen LogP contribution in [0.25, 0.3) is 27.7 Å². The molecule has 1 aliphatic rings. The van der Waals surface area contributed by atoms with Gasteiger partial charge in [-0.2, -0.15) is 5.10 Å². The van der Waals surface area contributed by atoms with Crippen LogP contribution >= 0.6 is 11.3 Å². The third kappa shape index (κ3) is 3.04. The maximum atomic E-state index is 4.78. The van der Waals surface area contributed by atoms with Gasteiger partial charge in [-0.15, -0.1) is 0 Å². The van der Waals surface area contributed by atoms with Gasteiger partial charge in [-0.25, -0.2) is 19.6 Å². The number of thiazole rings is 1. The van der Waals surface area contributed by atoms with E-state index in [4.69, 9.17) is 9.97 Å². The molecule has 0 amide bonds. The molecule has 1 saturated heterocycles. The number of nitrogens with zero attached hydrogens (tertiary/aromatic N) is 7. The number of aryl methyl sites for hydroxylation is 1. The summed E-state index contributed by atoms with van der Waals surface area (Å²) in [7, 11) is 2.13. The molecule has 0 bridgehead atoms. The second-order valence-corrected chi connectivity index (χ2v) is 7.98. The number of rotatable bonds is 4. The van der Waals surface area contributed by atoms with Gasteiger partial charge in [0.05, 0.1) is 11.9 Å². The highest BCUT2D eigenvalue weighted by atomic mass is 32.1. The van der Waals surface area contributed by atoms with Gasteiger partial charge in [0.2, 0.25) is 0 Å². The van der Waals surface area contributed by atoms with Crippen LogP contribution in [0.1, 0.15) is 18.4 Å². The van der Waals surface area contributed by atoms with Crippen molar-refractivity contribution in [3.63, 3.8) is 0 Å². The Bertz CT molecular complexity index is 1060. The summed E-state index contributed by atoms with van der Waals surface area (Å²) in [5, 5.41) is 8.57. The van der Waals surface area contributed by atoms with Crippen molar-refractivity contribution in [3.8, 4) is 17.2 Å². The minimum absolute atomic E-state index is 0.532. The SMILES string of the molecule is Cc1cc(-n2cncn2)cnc1-c1nc2sc(N(C)C3CCNCC3)nc2[nH]1. The Balaban J connectivity index is 1.42. The maximum Gasteiger partial charge on any atom is 0.189 e. The monoisotopic (exact) mass is 395 g/mol. The molecule has 4 aromatic rings. The van der Waals surface area contributed by atoms with E-state index in [9.17, 15) is 0 Å². The predicted molar refractivity (Wildman–Crippen MR) is 109 cm³/mol. The van der Waals surface area contributed by atoms with Gasteiger partial charge in [-0.05, 0) is 44.5 Å². The zero-order valence-corrected chi connectivity index (χ0v) is 16.6. The topological polar surface area (TPSA) is 100 Å². The van der Waals surface area contributed by atoms with Crippen LogP contribution in [0.3, 0.4) is 0 Å². The fraction of sp³-hybridized carbons (Fsp3) is 0.389. The number of piperidine rings is 1. The Morgan fingerprint density at radius 3 is 2.82 bits per heavy atom. The molecule has 9 nitrogen and oxygen atoms in total. The number of hydrogen-bond acceptors (Lipinski definition) is 8. The van der Waals surface area contributed by atoms with Crippen LogP contribution in [0.2, 0.25) is 0 Å². The highest BCUT2D eigenvalue weighted by molar-refractivity contribution is 7.21. The Labute approximate surface area is 165 Å². The quantitative estimate of drug-likeness (QED) is 0.546. The second-order valence-electron chi connectivity index (χ2n) is 7.03. The highest BCUT2D eigenvalue weighted by Gasteiger charge is 2.22. The number of nitrogens with one attached hydrogen (secondary N) is 2. The first-order valence-electron chi connectivity index (χ1n) is 9.31. The van der Waals surface area contributed by atoms with Gasteiger partial charge >= 0.3 is 0 Å². The van der Waals surface area contributed by atoms with Crippen molar-refractivity contribution in [1.29, 1.82) is 0 Å². The van der Waals surface area contributed by atoms with E-state index in [0.29, 0.717) is 6.04 Å². The number of fused-ring (bicyclic) bond motifs is 1. The van der Waals surface area contributed by atoms with Gasteiger partial charge in [0.15, 0.2) is 21.4 Å². The Kier molecular flexibility index (Phi) is 4.29. The highest BCUT2D eigenvalue weighted by Crippen LogP contribution is 2.31. The lowest BCUT2D eigenvalue weighted by molar-refractivity contribution is 0.443. The molecule has 5 rings (SSSR count). The molecule has 10 heteroatoms. The third-order valence-corrected chi connectivity index (χ3v) is 6.22. The average Bonchev–Trinajstić information content (AvgIpc) is 3.44. The van der Waals surface area contributed by atoms with Crippen LogP contribution in [0.5, 0.6) is 0 Å². The van der Waals surface area contributed by atoms with Gasteiger partial charge in [0.1, 0.15) is 18.3 Å². The van der Waals surface area contributed by atoms with Crippen LogP contribution < -0.4 is 10.2 Å². The van der Waals surface area contributed by atoms with Crippen LogP contribution in [0.4, 0.5) is 5.13 Å². The van der Waals surface area contributed by atoms with Crippen molar-refractivity contribution in [3.05, 3.63) is 30.5 Å². The summed E-state index contributed by atoms with van der Waals surface area (Å²) in [4.78, 5) is 24.6. The molecule has 0 aliphatic carbocycles. The Morgan fingerprint density at radius 1 is 1.25 bits per heavy atom. The van der Waals surface area contributed by atoms with Gasteiger partial charge in [-0.3, -0.25) is 4.98 Å².